The molecule has 0 aliphatic carbocycles. The molecule has 24 heavy (non-hydrogen) atoms. The molecule has 1 atom stereocenters. The highest BCUT2D eigenvalue weighted by Crippen LogP contribution is 2.40. The van der Waals surface area contributed by atoms with Crippen molar-refractivity contribution in [3.05, 3.63) is 64.7 Å². The van der Waals surface area contributed by atoms with Gasteiger partial charge >= 0.3 is 6.18 Å². The molecule has 1 aromatic carbocycles. The number of halogens is 5. The first-order chi connectivity index (χ1) is 11.0. The molecule has 2 aromatic rings. The van der Waals surface area contributed by atoms with Gasteiger partial charge in [-0.1, -0.05) is 23.8 Å². The summed E-state index contributed by atoms with van der Waals surface area (Å²) in [6.45, 7) is 7.32. The number of allylic oxidation sites excluding steroid dienone is 1. The Kier molecular flexibility index (Phi) is 4.90. The summed E-state index contributed by atoms with van der Waals surface area (Å²) in [6.07, 6.45) is -3.73. The zero-order valence-corrected chi connectivity index (χ0v) is 13.7. The van der Waals surface area contributed by atoms with Crippen molar-refractivity contribution in [2.75, 3.05) is 0 Å². The van der Waals surface area contributed by atoms with Crippen LogP contribution in [0, 0.1) is 5.82 Å². The summed E-state index contributed by atoms with van der Waals surface area (Å²) in [7, 11) is 0. The van der Waals surface area contributed by atoms with Gasteiger partial charge in [-0.3, -0.25) is 5.21 Å². The van der Waals surface area contributed by atoms with E-state index < -0.39 is 28.1 Å². The molecule has 1 N–H and O–H groups in total. The lowest BCUT2D eigenvalue weighted by molar-refractivity contribution is -0.909. The van der Waals surface area contributed by atoms with Gasteiger partial charge < -0.3 is 0 Å². The summed E-state index contributed by atoms with van der Waals surface area (Å²) < 4.78 is 54.4. The molecular formula is C17H15ClF4NO+. The maximum atomic E-state index is 14.3. The van der Waals surface area contributed by atoms with Gasteiger partial charge in [-0.05, 0) is 32.0 Å². The second kappa shape index (κ2) is 6.43. The molecule has 0 amide bonds. The maximum Gasteiger partial charge on any atom is 0.417 e. The van der Waals surface area contributed by atoms with E-state index in [1.807, 2.05) is 0 Å². The Morgan fingerprint density at radius 2 is 1.88 bits per heavy atom. The van der Waals surface area contributed by atoms with Crippen LogP contribution < -0.4 is 4.73 Å². The van der Waals surface area contributed by atoms with Crippen molar-refractivity contribution in [3.63, 3.8) is 0 Å². The number of pyridine rings is 1. The van der Waals surface area contributed by atoms with E-state index in [1.165, 1.54) is 12.1 Å². The minimum absolute atomic E-state index is 0.137. The second-order valence-electron chi connectivity index (χ2n) is 5.54. The molecule has 2 rings (SSSR count). The average molecular weight is 361 g/mol. The molecule has 1 heterocycles. The largest absolute Gasteiger partial charge is 0.417 e. The van der Waals surface area contributed by atoms with E-state index >= 15 is 0 Å². The van der Waals surface area contributed by atoms with Crippen molar-refractivity contribution in [3.8, 4) is 11.1 Å². The number of hydrogen-bond donors (Lipinski definition) is 1. The lowest BCUT2D eigenvalue weighted by Gasteiger charge is -2.14. The van der Waals surface area contributed by atoms with Crippen LogP contribution in [0.15, 0.2) is 42.6 Å². The lowest BCUT2D eigenvalue weighted by Crippen LogP contribution is -2.36. The summed E-state index contributed by atoms with van der Waals surface area (Å²) in [5.41, 5.74) is -0.822. The van der Waals surface area contributed by atoms with Crippen molar-refractivity contribution >= 4 is 11.6 Å². The fourth-order valence-corrected chi connectivity index (χ4v) is 2.47. The average Bonchev–Trinajstić information content (AvgIpc) is 2.47. The van der Waals surface area contributed by atoms with Gasteiger partial charge in [0.25, 0.3) is 0 Å². The van der Waals surface area contributed by atoms with E-state index in [0.29, 0.717) is 16.5 Å². The minimum Gasteiger partial charge on any atom is -0.285 e. The van der Waals surface area contributed by atoms with Gasteiger partial charge in [0.1, 0.15) is 5.82 Å². The van der Waals surface area contributed by atoms with Gasteiger partial charge in [0, 0.05) is 16.4 Å². The Balaban J connectivity index is 2.67. The van der Waals surface area contributed by atoms with Crippen molar-refractivity contribution in [2.45, 2.75) is 25.9 Å². The number of rotatable bonds is 3. The summed E-state index contributed by atoms with van der Waals surface area (Å²) in [5.74, 6) is -1.41. The molecule has 0 fully saturated rings. The van der Waals surface area contributed by atoms with Crippen LogP contribution in [-0.2, 0) is 6.18 Å². The third-order valence-electron chi connectivity index (χ3n) is 3.83. The monoisotopic (exact) mass is 360 g/mol. The van der Waals surface area contributed by atoms with E-state index in [2.05, 4.69) is 6.58 Å². The minimum atomic E-state index is -4.76. The molecule has 1 unspecified atom stereocenters. The van der Waals surface area contributed by atoms with E-state index in [9.17, 15) is 22.8 Å². The molecule has 0 spiro atoms. The fraction of sp³-hybridized carbons (Fsp3) is 0.235. The van der Waals surface area contributed by atoms with E-state index in [4.69, 9.17) is 11.6 Å². The standard InChI is InChI=1S/C17H15ClF4NO/c1-9(2)10(3)14-7-4-11(8-23(14)24)15-12(17(20,21)22)5-6-13(18)16(15)19/h4-8,10,24H,1H2,2-3H3/q+1. The zero-order chi connectivity index (χ0) is 18.2. The fourth-order valence-electron chi connectivity index (χ4n) is 2.31. The Morgan fingerprint density at radius 3 is 2.38 bits per heavy atom. The Labute approximate surface area is 141 Å². The van der Waals surface area contributed by atoms with Crippen LogP contribution in [-0.4, -0.2) is 5.21 Å². The number of nitrogens with zero attached hydrogens (tertiary/aromatic N) is 1. The van der Waals surface area contributed by atoms with E-state index in [-0.39, 0.29) is 11.5 Å². The summed E-state index contributed by atoms with van der Waals surface area (Å²) >= 11 is 5.63. The van der Waals surface area contributed by atoms with Crippen LogP contribution in [0.2, 0.25) is 5.02 Å². The maximum absolute atomic E-state index is 14.3. The van der Waals surface area contributed by atoms with Crippen LogP contribution in [0.25, 0.3) is 11.1 Å². The molecule has 7 heteroatoms. The molecule has 0 saturated carbocycles. The van der Waals surface area contributed by atoms with Gasteiger partial charge in [-0.15, -0.1) is 0 Å². The lowest BCUT2D eigenvalue weighted by atomic mass is 9.96. The normalized spacial score (nSPS) is 13.0. The van der Waals surface area contributed by atoms with Crippen LogP contribution in [0.1, 0.15) is 31.0 Å². The number of hydrogen-bond acceptors (Lipinski definition) is 1. The molecule has 0 aliphatic rings. The van der Waals surface area contributed by atoms with Crippen LogP contribution >= 0.6 is 11.6 Å². The number of benzene rings is 1. The van der Waals surface area contributed by atoms with Crippen LogP contribution in [0.3, 0.4) is 0 Å². The first-order valence-electron chi connectivity index (χ1n) is 7.00. The molecule has 0 saturated heterocycles. The Bertz CT molecular complexity index is 802. The third-order valence-corrected chi connectivity index (χ3v) is 4.12. The molecule has 0 aliphatic heterocycles. The SMILES string of the molecule is C=C(C)C(C)c1ccc(-c2c(C(F)(F)F)ccc(Cl)c2F)c[n+]1O. The molecule has 128 valence electrons. The van der Waals surface area contributed by atoms with E-state index in [0.717, 1.165) is 17.8 Å². The van der Waals surface area contributed by atoms with Crippen LogP contribution in [0.4, 0.5) is 17.6 Å². The van der Waals surface area contributed by atoms with Crippen molar-refractivity contribution in [1.82, 2.24) is 0 Å². The highest BCUT2D eigenvalue weighted by atomic mass is 35.5. The molecule has 2 nitrogen and oxygen atoms in total. The smallest absolute Gasteiger partial charge is 0.285 e. The predicted octanol–water partition coefficient (Wildman–Crippen LogP) is 5.37. The highest BCUT2D eigenvalue weighted by Gasteiger charge is 2.36. The molecule has 1 aromatic heterocycles. The predicted molar refractivity (Wildman–Crippen MR) is 82.5 cm³/mol. The van der Waals surface area contributed by atoms with Gasteiger partial charge in [0.15, 0.2) is 0 Å². The summed E-state index contributed by atoms with van der Waals surface area (Å²) in [4.78, 5) is 0. The zero-order valence-electron chi connectivity index (χ0n) is 13.0. The van der Waals surface area contributed by atoms with Gasteiger partial charge in [-0.25, -0.2) is 4.39 Å². The first kappa shape index (κ1) is 18.3. The first-order valence-corrected chi connectivity index (χ1v) is 7.37. The highest BCUT2D eigenvalue weighted by molar-refractivity contribution is 6.31. The number of alkyl halides is 3. The summed E-state index contributed by atoms with van der Waals surface area (Å²) in [6, 6.07) is 4.31. The van der Waals surface area contributed by atoms with Gasteiger partial charge in [0.05, 0.1) is 22.1 Å². The topological polar surface area (TPSA) is 24.1 Å². The molecular weight excluding hydrogens is 346 g/mol. The van der Waals surface area contributed by atoms with E-state index in [1.54, 1.807) is 13.8 Å². The Hall–Kier alpha value is -2.08. The number of aromatic nitrogens is 1. The Morgan fingerprint density at radius 1 is 1.25 bits per heavy atom. The van der Waals surface area contributed by atoms with Gasteiger partial charge in [-0.2, -0.15) is 13.2 Å². The van der Waals surface area contributed by atoms with Crippen LogP contribution in [0.5, 0.6) is 0 Å². The molecule has 0 bridgehead atoms. The van der Waals surface area contributed by atoms with Crippen molar-refractivity contribution in [2.24, 2.45) is 0 Å². The van der Waals surface area contributed by atoms with Crippen molar-refractivity contribution < 1.29 is 27.5 Å². The molecule has 0 radical (unpaired) electrons. The quantitative estimate of drug-likeness (QED) is 0.338. The second-order valence-corrected chi connectivity index (χ2v) is 5.94. The van der Waals surface area contributed by atoms with Crippen molar-refractivity contribution in [1.29, 1.82) is 0 Å². The van der Waals surface area contributed by atoms with Gasteiger partial charge in [0.2, 0.25) is 11.9 Å². The summed E-state index contributed by atoms with van der Waals surface area (Å²) in [5, 5.41) is 9.64. The third kappa shape index (κ3) is 3.38.